The molecular weight excluding hydrogens is 214 g/mol. The third-order valence-electron chi connectivity index (χ3n) is 2.17. The van der Waals surface area contributed by atoms with E-state index in [2.05, 4.69) is 35.1 Å². The molecule has 0 aromatic carbocycles. The largest absolute Gasteiger partial charge is 0.314 e. The van der Waals surface area contributed by atoms with Gasteiger partial charge >= 0.3 is 0 Å². The molecule has 1 atom stereocenters. The third kappa shape index (κ3) is 8.54. The van der Waals surface area contributed by atoms with Gasteiger partial charge in [0, 0.05) is 11.4 Å². The maximum Gasteiger partial charge on any atom is 0.00360 e. The molecule has 0 aromatic heterocycles. The molecule has 2 heteroatoms. The first-order chi connectivity index (χ1) is 5.81. The lowest BCUT2D eigenvalue weighted by Crippen LogP contribution is -2.25. The molecule has 0 fully saturated rings. The minimum atomic E-state index is 0.696. The summed E-state index contributed by atoms with van der Waals surface area (Å²) < 4.78 is 0. The van der Waals surface area contributed by atoms with Crippen LogP contribution in [0.5, 0.6) is 0 Å². The molecule has 0 saturated carbocycles. The van der Waals surface area contributed by atoms with Crippen molar-refractivity contribution in [3.63, 3.8) is 0 Å². The summed E-state index contributed by atoms with van der Waals surface area (Å²) in [5, 5.41) is 4.66. The second kappa shape index (κ2) is 9.53. The molecule has 0 amide bonds. The predicted molar refractivity (Wildman–Crippen MR) is 60.0 cm³/mol. The summed E-state index contributed by atoms with van der Waals surface area (Å²) in [6, 6.07) is 0.696. The zero-order valence-electron chi connectivity index (χ0n) is 8.41. The number of nitrogens with one attached hydrogen (secondary N) is 1. The van der Waals surface area contributed by atoms with Crippen molar-refractivity contribution in [3.8, 4) is 0 Å². The molecule has 74 valence electrons. The van der Waals surface area contributed by atoms with Gasteiger partial charge in [0.2, 0.25) is 0 Å². The summed E-state index contributed by atoms with van der Waals surface area (Å²) in [5.41, 5.74) is 0. The second-order valence-corrected chi connectivity index (χ2v) is 4.16. The lowest BCUT2D eigenvalue weighted by Gasteiger charge is -2.10. The Labute approximate surface area is 85.4 Å². The fourth-order valence-corrected chi connectivity index (χ4v) is 1.46. The first kappa shape index (κ1) is 12.4. The van der Waals surface area contributed by atoms with Crippen LogP contribution < -0.4 is 5.32 Å². The highest BCUT2D eigenvalue weighted by atomic mass is 79.9. The minimum Gasteiger partial charge on any atom is -0.314 e. The van der Waals surface area contributed by atoms with E-state index in [-0.39, 0.29) is 0 Å². The molecule has 0 radical (unpaired) electrons. The van der Waals surface area contributed by atoms with Crippen molar-refractivity contribution >= 4 is 15.9 Å². The Morgan fingerprint density at radius 2 is 1.83 bits per heavy atom. The maximum absolute atomic E-state index is 3.50. The van der Waals surface area contributed by atoms with E-state index < -0.39 is 0 Å². The van der Waals surface area contributed by atoms with Crippen LogP contribution in [0.25, 0.3) is 0 Å². The Kier molecular flexibility index (Phi) is 9.88. The molecule has 0 heterocycles. The monoisotopic (exact) mass is 235 g/mol. The van der Waals surface area contributed by atoms with Crippen LogP contribution in [-0.2, 0) is 0 Å². The van der Waals surface area contributed by atoms with Crippen LogP contribution >= 0.6 is 15.9 Å². The van der Waals surface area contributed by atoms with Gasteiger partial charge in [-0.15, -0.1) is 0 Å². The van der Waals surface area contributed by atoms with Gasteiger partial charge in [-0.3, -0.25) is 0 Å². The van der Waals surface area contributed by atoms with E-state index in [9.17, 15) is 0 Å². The van der Waals surface area contributed by atoms with E-state index in [1.54, 1.807) is 0 Å². The number of rotatable bonds is 8. The van der Waals surface area contributed by atoms with Crippen LogP contribution in [0, 0.1) is 0 Å². The standard InChI is InChI=1S/C10H22BrN/c1-3-10(2)12-9-7-5-4-6-8-11/h10,12H,3-9H2,1-2H3. The zero-order chi connectivity index (χ0) is 9.23. The Hall–Kier alpha value is 0.440. The van der Waals surface area contributed by atoms with Gasteiger partial charge in [0.05, 0.1) is 0 Å². The molecule has 0 aromatic rings. The quantitative estimate of drug-likeness (QED) is 0.503. The Morgan fingerprint density at radius 3 is 2.42 bits per heavy atom. The van der Waals surface area contributed by atoms with Gasteiger partial charge in [-0.25, -0.2) is 0 Å². The minimum absolute atomic E-state index is 0.696. The smallest absolute Gasteiger partial charge is 0.00360 e. The topological polar surface area (TPSA) is 12.0 Å². The van der Waals surface area contributed by atoms with Gasteiger partial charge in [0.1, 0.15) is 0 Å². The lowest BCUT2D eigenvalue weighted by molar-refractivity contribution is 0.510. The molecule has 12 heavy (non-hydrogen) atoms. The zero-order valence-corrected chi connectivity index (χ0v) is 9.99. The second-order valence-electron chi connectivity index (χ2n) is 3.37. The van der Waals surface area contributed by atoms with Gasteiger partial charge in [0.15, 0.2) is 0 Å². The molecule has 0 aliphatic carbocycles. The SMILES string of the molecule is CCC(C)NCCCCCCBr. The number of hydrogen-bond donors (Lipinski definition) is 1. The average molecular weight is 236 g/mol. The molecule has 1 unspecified atom stereocenters. The van der Waals surface area contributed by atoms with Crippen molar-refractivity contribution in [3.05, 3.63) is 0 Å². The molecule has 0 spiro atoms. The first-order valence-electron chi connectivity index (χ1n) is 5.10. The first-order valence-corrected chi connectivity index (χ1v) is 6.22. The normalized spacial score (nSPS) is 13.2. The van der Waals surface area contributed by atoms with E-state index in [1.807, 2.05) is 0 Å². The summed E-state index contributed by atoms with van der Waals surface area (Å²) in [6.07, 6.45) is 6.63. The van der Waals surface area contributed by atoms with E-state index in [0.717, 1.165) is 5.33 Å². The summed E-state index contributed by atoms with van der Waals surface area (Å²) in [7, 11) is 0. The highest BCUT2D eigenvalue weighted by molar-refractivity contribution is 9.09. The maximum atomic E-state index is 3.50. The fraction of sp³-hybridized carbons (Fsp3) is 1.00. The predicted octanol–water partition coefficient (Wildman–Crippen LogP) is 3.33. The van der Waals surface area contributed by atoms with Crippen LogP contribution in [0.15, 0.2) is 0 Å². The third-order valence-corrected chi connectivity index (χ3v) is 2.73. The van der Waals surface area contributed by atoms with Crippen LogP contribution in [0.4, 0.5) is 0 Å². The van der Waals surface area contributed by atoms with Crippen molar-refractivity contribution in [1.82, 2.24) is 5.32 Å². The number of hydrogen-bond acceptors (Lipinski definition) is 1. The summed E-state index contributed by atoms with van der Waals surface area (Å²) >= 11 is 3.44. The molecule has 1 nitrogen and oxygen atoms in total. The van der Waals surface area contributed by atoms with E-state index in [0.29, 0.717) is 6.04 Å². The highest BCUT2D eigenvalue weighted by Crippen LogP contribution is 2.01. The molecule has 0 aliphatic heterocycles. The summed E-state index contributed by atoms with van der Waals surface area (Å²) in [5.74, 6) is 0. The van der Waals surface area contributed by atoms with Crippen LogP contribution in [-0.4, -0.2) is 17.9 Å². The Morgan fingerprint density at radius 1 is 1.17 bits per heavy atom. The van der Waals surface area contributed by atoms with Crippen molar-refractivity contribution < 1.29 is 0 Å². The van der Waals surface area contributed by atoms with Gasteiger partial charge in [0.25, 0.3) is 0 Å². The summed E-state index contributed by atoms with van der Waals surface area (Å²) in [4.78, 5) is 0. The van der Waals surface area contributed by atoms with Crippen LogP contribution in [0.3, 0.4) is 0 Å². The highest BCUT2D eigenvalue weighted by Gasteiger charge is 1.95. The van der Waals surface area contributed by atoms with Crippen molar-refractivity contribution in [2.24, 2.45) is 0 Å². The van der Waals surface area contributed by atoms with Crippen molar-refractivity contribution in [2.45, 2.75) is 52.0 Å². The van der Waals surface area contributed by atoms with E-state index >= 15 is 0 Å². The van der Waals surface area contributed by atoms with Gasteiger partial charge in [-0.05, 0) is 32.7 Å². The molecular formula is C10H22BrN. The van der Waals surface area contributed by atoms with E-state index in [1.165, 1.54) is 38.6 Å². The summed E-state index contributed by atoms with van der Waals surface area (Å²) in [6.45, 7) is 5.66. The van der Waals surface area contributed by atoms with Crippen molar-refractivity contribution in [2.75, 3.05) is 11.9 Å². The number of unbranched alkanes of at least 4 members (excludes halogenated alkanes) is 3. The number of alkyl halides is 1. The fourth-order valence-electron chi connectivity index (χ4n) is 1.07. The Balaban J connectivity index is 2.90. The van der Waals surface area contributed by atoms with Gasteiger partial charge < -0.3 is 5.32 Å². The lowest BCUT2D eigenvalue weighted by atomic mass is 10.2. The molecule has 0 bridgehead atoms. The van der Waals surface area contributed by atoms with Gasteiger partial charge in [-0.1, -0.05) is 35.7 Å². The Bertz CT molecular complexity index is 85.9. The molecule has 1 N–H and O–H groups in total. The van der Waals surface area contributed by atoms with Crippen LogP contribution in [0.2, 0.25) is 0 Å². The molecule has 0 aliphatic rings. The van der Waals surface area contributed by atoms with Crippen LogP contribution in [0.1, 0.15) is 46.0 Å². The van der Waals surface area contributed by atoms with E-state index in [4.69, 9.17) is 0 Å². The average Bonchev–Trinajstić information content (AvgIpc) is 2.10. The molecule has 0 rings (SSSR count). The van der Waals surface area contributed by atoms with Crippen molar-refractivity contribution in [1.29, 1.82) is 0 Å². The number of halogens is 1. The molecule has 0 saturated heterocycles. The van der Waals surface area contributed by atoms with Gasteiger partial charge in [-0.2, -0.15) is 0 Å².